The van der Waals surface area contributed by atoms with Crippen LogP contribution < -0.4 is 10.3 Å². The van der Waals surface area contributed by atoms with Crippen molar-refractivity contribution >= 4 is 27.5 Å². The zero-order chi connectivity index (χ0) is 15.3. The van der Waals surface area contributed by atoms with Crippen LogP contribution in [0.1, 0.15) is 15.9 Å². The van der Waals surface area contributed by atoms with Crippen LogP contribution >= 0.6 is 11.6 Å². The summed E-state index contributed by atoms with van der Waals surface area (Å²) in [5.41, 5.74) is 3.10. The number of hydrogen-bond donors (Lipinski definition) is 2. The number of sulfonamides is 1. The number of carbonyl (C=O) groups excluding carboxylic acids is 1. The van der Waals surface area contributed by atoms with Gasteiger partial charge in [0.05, 0.1) is 5.75 Å². The summed E-state index contributed by atoms with van der Waals surface area (Å²) in [6.07, 6.45) is 0. The smallest absolute Gasteiger partial charge is 0.266 e. The molecule has 21 heavy (non-hydrogen) atoms. The van der Waals surface area contributed by atoms with Crippen molar-refractivity contribution in [2.75, 3.05) is 0 Å². The van der Waals surface area contributed by atoms with Crippen molar-refractivity contribution in [3.8, 4) is 0 Å². The third-order valence-electron chi connectivity index (χ3n) is 2.63. The molecule has 5 nitrogen and oxygen atoms in total. The van der Waals surface area contributed by atoms with Gasteiger partial charge in [0, 0.05) is 10.6 Å². The standard InChI is InChI=1S/C14H13ClN2O3S/c15-13-8-6-12(7-9-13)14(18)16-17-21(19,20)10-11-4-2-1-3-5-11/h1-9,17H,10H2,(H,16,18). The summed E-state index contributed by atoms with van der Waals surface area (Å²) >= 11 is 5.71. The Morgan fingerprint density at radius 2 is 1.62 bits per heavy atom. The fourth-order valence-corrected chi connectivity index (χ4v) is 2.70. The number of nitrogens with one attached hydrogen (secondary N) is 2. The number of carbonyl (C=O) groups is 1. The summed E-state index contributed by atoms with van der Waals surface area (Å²) in [5.74, 6) is -0.766. The van der Waals surface area contributed by atoms with Crippen LogP contribution in [0.4, 0.5) is 0 Å². The minimum absolute atomic E-state index is 0.214. The van der Waals surface area contributed by atoms with Crippen molar-refractivity contribution in [3.05, 3.63) is 70.7 Å². The largest absolute Gasteiger partial charge is 0.274 e. The van der Waals surface area contributed by atoms with Crippen LogP contribution in [0.5, 0.6) is 0 Å². The fraction of sp³-hybridized carbons (Fsp3) is 0.0714. The van der Waals surface area contributed by atoms with Crippen LogP contribution in [0.25, 0.3) is 0 Å². The van der Waals surface area contributed by atoms with Crippen LogP contribution in [-0.2, 0) is 15.8 Å². The van der Waals surface area contributed by atoms with E-state index in [1.165, 1.54) is 12.1 Å². The molecule has 0 spiro atoms. The first-order valence-corrected chi connectivity index (χ1v) is 8.09. The van der Waals surface area contributed by atoms with Crippen LogP contribution in [0.15, 0.2) is 54.6 Å². The molecule has 0 saturated heterocycles. The zero-order valence-electron chi connectivity index (χ0n) is 10.9. The molecule has 0 saturated carbocycles. The van der Waals surface area contributed by atoms with E-state index in [1.807, 2.05) is 0 Å². The van der Waals surface area contributed by atoms with Crippen LogP contribution in [0.2, 0.25) is 5.02 Å². The third-order valence-corrected chi connectivity index (χ3v) is 4.00. The van der Waals surface area contributed by atoms with Crippen molar-refractivity contribution in [2.24, 2.45) is 0 Å². The van der Waals surface area contributed by atoms with Crippen LogP contribution in [-0.4, -0.2) is 14.3 Å². The van der Waals surface area contributed by atoms with Gasteiger partial charge in [-0.25, -0.2) is 8.42 Å². The molecule has 0 aliphatic rings. The number of rotatable bonds is 5. The highest BCUT2D eigenvalue weighted by molar-refractivity contribution is 7.88. The topological polar surface area (TPSA) is 75.3 Å². The number of benzene rings is 2. The summed E-state index contributed by atoms with van der Waals surface area (Å²) < 4.78 is 23.7. The predicted molar refractivity (Wildman–Crippen MR) is 81.1 cm³/mol. The van der Waals surface area contributed by atoms with Gasteiger partial charge in [-0.3, -0.25) is 10.2 Å². The van der Waals surface area contributed by atoms with Gasteiger partial charge in [-0.1, -0.05) is 41.9 Å². The van der Waals surface area contributed by atoms with Gasteiger partial charge in [-0.05, 0) is 29.8 Å². The van der Waals surface area contributed by atoms with Crippen molar-refractivity contribution in [2.45, 2.75) is 5.75 Å². The maximum Gasteiger partial charge on any atom is 0.266 e. The maximum atomic E-state index is 11.8. The molecule has 1 amide bonds. The molecule has 2 aromatic rings. The summed E-state index contributed by atoms with van der Waals surface area (Å²) in [6, 6.07) is 14.8. The summed E-state index contributed by atoms with van der Waals surface area (Å²) in [4.78, 5) is 13.8. The molecule has 0 atom stereocenters. The lowest BCUT2D eigenvalue weighted by Crippen LogP contribution is -2.42. The average Bonchev–Trinajstić information content (AvgIpc) is 2.46. The van der Waals surface area contributed by atoms with Gasteiger partial charge < -0.3 is 0 Å². The molecule has 0 unspecified atom stereocenters. The molecule has 0 heterocycles. The van der Waals surface area contributed by atoms with Gasteiger partial charge in [-0.2, -0.15) is 0 Å². The minimum atomic E-state index is -3.65. The second kappa shape index (κ2) is 6.71. The molecule has 2 aromatic carbocycles. The summed E-state index contributed by atoms with van der Waals surface area (Å²) in [7, 11) is -3.65. The molecule has 7 heteroatoms. The Labute approximate surface area is 128 Å². The first-order chi connectivity index (χ1) is 9.96. The Kier molecular flexibility index (Phi) is 4.95. The van der Waals surface area contributed by atoms with Crippen molar-refractivity contribution < 1.29 is 13.2 Å². The Hall–Kier alpha value is -1.89. The molecule has 0 aromatic heterocycles. The fourth-order valence-electron chi connectivity index (χ4n) is 1.63. The monoisotopic (exact) mass is 324 g/mol. The molecule has 0 aliphatic heterocycles. The van der Waals surface area contributed by atoms with Gasteiger partial charge in [0.25, 0.3) is 5.91 Å². The van der Waals surface area contributed by atoms with E-state index in [1.54, 1.807) is 42.5 Å². The van der Waals surface area contributed by atoms with Crippen LogP contribution in [0, 0.1) is 0 Å². The van der Waals surface area contributed by atoms with E-state index in [-0.39, 0.29) is 5.75 Å². The number of halogens is 1. The lowest BCUT2D eigenvalue weighted by molar-refractivity contribution is 0.0945. The Balaban J connectivity index is 1.95. The normalized spacial score (nSPS) is 11.1. The van der Waals surface area contributed by atoms with E-state index in [2.05, 4.69) is 10.3 Å². The second-order valence-electron chi connectivity index (χ2n) is 4.31. The molecule has 2 N–H and O–H groups in total. The zero-order valence-corrected chi connectivity index (χ0v) is 12.5. The molecular weight excluding hydrogens is 312 g/mol. The highest BCUT2D eigenvalue weighted by Crippen LogP contribution is 2.09. The van der Waals surface area contributed by atoms with Crippen molar-refractivity contribution in [1.82, 2.24) is 10.3 Å². The van der Waals surface area contributed by atoms with E-state index in [9.17, 15) is 13.2 Å². The lowest BCUT2D eigenvalue weighted by atomic mass is 10.2. The molecule has 0 fully saturated rings. The van der Waals surface area contributed by atoms with E-state index < -0.39 is 15.9 Å². The Morgan fingerprint density at radius 3 is 2.24 bits per heavy atom. The van der Waals surface area contributed by atoms with Gasteiger partial charge in [0.2, 0.25) is 10.0 Å². The average molecular weight is 325 g/mol. The quantitative estimate of drug-likeness (QED) is 0.827. The minimum Gasteiger partial charge on any atom is -0.274 e. The molecule has 2 rings (SSSR count). The van der Waals surface area contributed by atoms with Gasteiger partial charge in [0.1, 0.15) is 0 Å². The molecule has 0 radical (unpaired) electrons. The predicted octanol–water partition coefficient (Wildman–Crippen LogP) is 2.10. The first kappa shape index (κ1) is 15.5. The number of amides is 1. The highest BCUT2D eigenvalue weighted by atomic mass is 35.5. The van der Waals surface area contributed by atoms with Gasteiger partial charge >= 0.3 is 0 Å². The lowest BCUT2D eigenvalue weighted by Gasteiger charge is -2.08. The molecule has 0 aliphatic carbocycles. The second-order valence-corrected chi connectivity index (χ2v) is 6.47. The van der Waals surface area contributed by atoms with Gasteiger partial charge in [0.15, 0.2) is 0 Å². The maximum absolute atomic E-state index is 11.8. The Bertz CT molecular complexity index is 716. The molecule has 110 valence electrons. The first-order valence-electron chi connectivity index (χ1n) is 6.05. The van der Waals surface area contributed by atoms with Crippen molar-refractivity contribution in [1.29, 1.82) is 0 Å². The molecular formula is C14H13ClN2O3S. The number of hydrazine groups is 1. The SMILES string of the molecule is O=C(NNS(=O)(=O)Cc1ccccc1)c1ccc(Cl)cc1. The van der Waals surface area contributed by atoms with E-state index in [4.69, 9.17) is 11.6 Å². The van der Waals surface area contributed by atoms with Crippen molar-refractivity contribution in [3.63, 3.8) is 0 Å². The van der Waals surface area contributed by atoms with E-state index in [0.717, 1.165) is 0 Å². The van der Waals surface area contributed by atoms with Crippen LogP contribution in [0.3, 0.4) is 0 Å². The van der Waals surface area contributed by atoms with E-state index >= 15 is 0 Å². The summed E-state index contributed by atoms with van der Waals surface area (Å²) in [5, 5.41) is 0.496. The summed E-state index contributed by atoms with van der Waals surface area (Å²) in [6.45, 7) is 0. The Morgan fingerprint density at radius 1 is 1.00 bits per heavy atom. The van der Waals surface area contributed by atoms with Gasteiger partial charge in [-0.15, -0.1) is 4.83 Å². The third kappa shape index (κ3) is 4.86. The molecule has 0 bridgehead atoms. The van der Waals surface area contributed by atoms with E-state index in [0.29, 0.717) is 16.1 Å². The number of hydrogen-bond acceptors (Lipinski definition) is 3. The highest BCUT2D eigenvalue weighted by Gasteiger charge is 2.13.